The lowest BCUT2D eigenvalue weighted by Crippen LogP contribution is -2.10. The van der Waals surface area contributed by atoms with Crippen LogP contribution in [0, 0.1) is 6.92 Å². The zero-order chi connectivity index (χ0) is 15.4. The Morgan fingerprint density at radius 3 is 2.86 bits per heavy atom. The van der Waals surface area contributed by atoms with Gasteiger partial charge in [0.25, 0.3) is 0 Å². The average Bonchev–Trinajstić information content (AvgIpc) is 3.17. The lowest BCUT2D eigenvalue weighted by Gasteiger charge is -2.08. The number of furan rings is 1. The first-order chi connectivity index (χ1) is 10.7. The van der Waals surface area contributed by atoms with Crippen molar-refractivity contribution in [2.24, 2.45) is 0 Å². The highest BCUT2D eigenvalue weighted by Crippen LogP contribution is 2.18. The van der Waals surface area contributed by atoms with Crippen molar-refractivity contribution in [3.8, 4) is 5.69 Å². The molecule has 0 aliphatic rings. The van der Waals surface area contributed by atoms with Crippen LogP contribution in [0.3, 0.4) is 0 Å². The molecule has 1 N–H and O–H groups in total. The number of nitrogens with zero attached hydrogens (tertiary/aromatic N) is 3. The Balaban J connectivity index is 1.76. The van der Waals surface area contributed by atoms with Crippen LogP contribution in [0.1, 0.15) is 11.5 Å². The van der Waals surface area contributed by atoms with Crippen molar-refractivity contribution in [2.75, 3.05) is 5.32 Å². The maximum Gasteiger partial charge on any atom is 0.248 e. The zero-order valence-electron chi connectivity index (χ0n) is 11.9. The predicted octanol–water partition coefficient (Wildman–Crippen LogP) is 2.82. The predicted molar refractivity (Wildman–Crippen MR) is 82.5 cm³/mol. The smallest absolute Gasteiger partial charge is 0.248 e. The Hall–Kier alpha value is -3.15. The Morgan fingerprint density at radius 1 is 1.27 bits per heavy atom. The van der Waals surface area contributed by atoms with E-state index in [0.29, 0.717) is 11.4 Å². The average molecular weight is 294 g/mol. The number of benzene rings is 1. The fourth-order valence-corrected chi connectivity index (χ4v) is 1.99. The molecule has 6 heteroatoms. The summed E-state index contributed by atoms with van der Waals surface area (Å²) in [5.74, 6) is 1.19. The fraction of sp³-hybridized carbons (Fsp3) is 0.0625. The minimum absolute atomic E-state index is 0.249. The Kier molecular flexibility index (Phi) is 3.82. The van der Waals surface area contributed by atoms with Crippen LogP contribution in [-0.2, 0) is 4.79 Å². The van der Waals surface area contributed by atoms with E-state index in [1.165, 1.54) is 12.4 Å². The van der Waals surface area contributed by atoms with Crippen LogP contribution in [0.25, 0.3) is 11.8 Å². The molecule has 0 unspecified atom stereocenters. The van der Waals surface area contributed by atoms with E-state index in [1.54, 1.807) is 23.2 Å². The van der Waals surface area contributed by atoms with Gasteiger partial charge in [0.1, 0.15) is 24.2 Å². The summed E-state index contributed by atoms with van der Waals surface area (Å²) in [5.41, 5.74) is 1.40. The highest BCUT2D eigenvalue weighted by atomic mass is 16.3. The van der Waals surface area contributed by atoms with Gasteiger partial charge in [-0.05, 0) is 37.3 Å². The van der Waals surface area contributed by atoms with Gasteiger partial charge in [-0.1, -0.05) is 12.1 Å². The van der Waals surface area contributed by atoms with Gasteiger partial charge >= 0.3 is 0 Å². The molecule has 0 fully saturated rings. The molecule has 0 aliphatic carbocycles. The summed E-state index contributed by atoms with van der Waals surface area (Å²) in [6.07, 6.45) is 6.07. The molecule has 0 saturated carbocycles. The normalized spacial score (nSPS) is 11.0. The number of nitrogens with one attached hydrogen (secondary N) is 1. The van der Waals surface area contributed by atoms with Gasteiger partial charge in [-0.2, -0.15) is 5.10 Å². The van der Waals surface area contributed by atoms with Crippen molar-refractivity contribution >= 4 is 17.7 Å². The first kappa shape index (κ1) is 13.8. The maximum atomic E-state index is 12.0. The molecule has 2 aromatic heterocycles. The fourth-order valence-electron chi connectivity index (χ4n) is 1.99. The summed E-state index contributed by atoms with van der Waals surface area (Å²) in [6.45, 7) is 1.85. The first-order valence-electron chi connectivity index (χ1n) is 6.72. The number of aryl methyl sites for hydroxylation is 1. The molecular formula is C16H14N4O2. The number of hydrogen-bond donors (Lipinski definition) is 1. The second kappa shape index (κ2) is 6.09. The van der Waals surface area contributed by atoms with Crippen molar-refractivity contribution in [1.82, 2.24) is 14.8 Å². The molecule has 0 spiro atoms. The van der Waals surface area contributed by atoms with Crippen molar-refractivity contribution < 1.29 is 9.21 Å². The minimum atomic E-state index is -0.249. The van der Waals surface area contributed by atoms with Gasteiger partial charge in [0.2, 0.25) is 5.91 Å². The van der Waals surface area contributed by atoms with Gasteiger partial charge in [-0.25, -0.2) is 9.67 Å². The monoisotopic (exact) mass is 294 g/mol. The third kappa shape index (κ3) is 3.12. The largest absolute Gasteiger partial charge is 0.462 e. The summed E-state index contributed by atoms with van der Waals surface area (Å²) in [5, 5.41) is 6.89. The number of hydrogen-bond acceptors (Lipinski definition) is 4. The van der Waals surface area contributed by atoms with Gasteiger partial charge in [0.05, 0.1) is 11.4 Å². The molecule has 1 aromatic carbocycles. The van der Waals surface area contributed by atoms with Gasteiger partial charge in [0.15, 0.2) is 0 Å². The summed E-state index contributed by atoms with van der Waals surface area (Å²) in [7, 11) is 0. The third-order valence-corrected chi connectivity index (χ3v) is 2.99. The van der Waals surface area contributed by atoms with E-state index < -0.39 is 0 Å². The molecule has 1 amide bonds. The minimum Gasteiger partial charge on any atom is -0.462 e. The van der Waals surface area contributed by atoms with Crippen LogP contribution in [0.5, 0.6) is 0 Å². The second-order valence-electron chi connectivity index (χ2n) is 4.63. The lowest BCUT2D eigenvalue weighted by molar-refractivity contribution is -0.111. The third-order valence-electron chi connectivity index (χ3n) is 2.99. The second-order valence-corrected chi connectivity index (χ2v) is 4.63. The molecule has 6 nitrogen and oxygen atoms in total. The van der Waals surface area contributed by atoms with Gasteiger partial charge in [-0.15, -0.1) is 0 Å². The molecule has 3 rings (SSSR count). The van der Waals surface area contributed by atoms with Crippen molar-refractivity contribution in [3.63, 3.8) is 0 Å². The van der Waals surface area contributed by atoms with Crippen molar-refractivity contribution in [2.45, 2.75) is 6.92 Å². The van der Waals surface area contributed by atoms with Crippen LogP contribution < -0.4 is 5.32 Å². The lowest BCUT2D eigenvalue weighted by atomic mass is 10.2. The summed E-state index contributed by atoms with van der Waals surface area (Å²) >= 11 is 0. The van der Waals surface area contributed by atoms with Crippen LogP contribution in [0.15, 0.2) is 59.5 Å². The van der Waals surface area contributed by atoms with Crippen LogP contribution in [0.4, 0.5) is 5.69 Å². The van der Waals surface area contributed by atoms with Gasteiger partial charge in [0, 0.05) is 6.08 Å². The van der Waals surface area contributed by atoms with Crippen LogP contribution in [0.2, 0.25) is 0 Å². The molecule has 2 heterocycles. The summed E-state index contributed by atoms with van der Waals surface area (Å²) in [6, 6.07) is 11.0. The molecule has 0 aliphatic heterocycles. The molecule has 0 atom stereocenters. The summed E-state index contributed by atoms with van der Waals surface area (Å²) < 4.78 is 6.97. The molecule has 0 bridgehead atoms. The quantitative estimate of drug-likeness (QED) is 0.751. The van der Waals surface area contributed by atoms with E-state index in [9.17, 15) is 4.79 Å². The van der Waals surface area contributed by atoms with E-state index in [1.807, 2.05) is 37.3 Å². The van der Waals surface area contributed by atoms with E-state index >= 15 is 0 Å². The molecule has 3 aromatic rings. The SMILES string of the molecule is Cc1ccc(/C=C/C(=O)Nc2ccccc2-n2cncn2)o1. The van der Waals surface area contributed by atoms with E-state index in [4.69, 9.17) is 4.42 Å². The standard InChI is InChI=1S/C16H14N4O2/c1-12-6-7-13(22-12)8-9-16(21)19-14-4-2-3-5-15(14)20-11-17-10-18-20/h2-11H,1H3,(H,19,21)/b9-8+. The Labute approximate surface area is 127 Å². The molecule has 0 radical (unpaired) electrons. The van der Waals surface area contributed by atoms with Crippen LogP contribution in [-0.4, -0.2) is 20.7 Å². The molecule has 110 valence electrons. The number of anilines is 1. The molecule has 0 saturated heterocycles. The first-order valence-corrected chi connectivity index (χ1v) is 6.72. The maximum absolute atomic E-state index is 12.0. The molecular weight excluding hydrogens is 280 g/mol. The van der Waals surface area contributed by atoms with Crippen LogP contribution >= 0.6 is 0 Å². The number of carbonyl (C=O) groups is 1. The summed E-state index contributed by atoms with van der Waals surface area (Å²) in [4.78, 5) is 15.9. The topological polar surface area (TPSA) is 73.0 Å². The van der Waals surface area contributed by atoms with Gasteiger partial charge < -0.3 is 9.73 Å². The zero-order valence-corrected chi connectivity index (χ0v) is 11.9. The van der Waals surface area contributed by atoms with E-state index in [0.717, 1.165) is 11.4 Å². The van der Waals surface area contributed by atoms with E-state index in [2.05, 4.69) is 15.4 Å². The number of rotatable bonds is 4. The van der Waals surface area contributed by atoms with E-state index in [-0.39, 0.29) is 5.91 Å². The number of amides is 1. The van der Waals surface area contributed by atoms with Crippen molar-refractivity contribution in [3.05, 3.63) is 66.6 Å². The number of carbonyl (C=O) groups excluding carboxylic acids is 1. The highest BCUT2D eigenvalue weighted by Gasteiger charge is 2.06. The Bertz CT molecular complexity index is 803. The number of aromatic nitrogens is 3. The Morgan fingerprint density at radius 2 is 2.14 bits per heavy atom. The van der Waals surface area contributed by atoms with Gasteiger partial charge in [-0.3, -0.25) is 4.79 Å². The van der Waals surface area contributed by atoms with Crippen molar-refractivity contribution in [1.29, 1.82) is 0 Å². The molecule has 22 heavy (non-hydrogen) atoms. The highest BCUT2D eigenvalue weighted by molar-refractivity contribution is 6.02. The number of para-hydroxylation sites is 2.